The van der Waals surface area contributed by atoms with E-state index in [1.54, 1.807) is 4.90 Å². The van der Waals surface area contributed by atoms with Crippen LogP contribution in [0.4, 0.5) is 0 Å². The van der Waals surface area contributed by atoms with Crippen molar-refractivity contribution in [3.05, 3.63) is 0 Å². The van der Waals surface area contributed by atoms with Crippen LogP contribution in [0.2, 0.25) is 0 Å². The highest BCUT2D eigenvalue weighted by Crippen LogP contribution is 2.23. The summed E-state index contributed by atoms with van der Waals surface area (Å²) in [7, 11) is 0. The van der Waals surface area contributed by atoms with Crippen LogP contribution in [0.25, 0.3) is 0 Å². The first-order valence-corrected chi connectivity index (χ1v) is 7.52. The third-order valence-corrected chi connectivity index (χ3v) is 4.34. The fourth-order valence-corrected chi connectivity index (χ4v) is 2.76. The molecule has 2 N–H and O–H groups in total. The standard InChI is InChI=1S/C14H23N3O3/c1-14(8-15-9-14)20-7-12(18)17-6-2-3-11(17)13(19)16-10-4-5-10/h10-11,15H,2-9H2,1H3,(H,16,19). The first kappa shape index (κ1) is 13.8. The van der Waals surface area contributed by atoms with Gasteiger partial charge in [-0.05, 0) is 32.6 Å². The van der Waals surface area contributed by atoms with E-state index in [0.29, 0.717) is 12.6 Å². The van der Waals surface area contributed by atoms with E-state index >= 15 is 0 Å². The molecule has 1 unspecified atom stereocenters. The van der Waals surface area contributed by atoms with Crippen molar-refractivity contribution in [2.45, 2.75) is 50.3 Å². The number of hydrogen-bond donors (Lipinski definition) is 2. The van der Waals surface area contributed by atoms with Crippen molar-refractivity contribution in [2.24, 2.45) is 0 Å². The lowest BCUT2D eigenvalue weighted by molar-refractivity contribution is -0.149. The molecule has 6 heteroatoms. The Bertz CT molecular complexity index is 404. The zero-order valence-corrected chi connectivity index (χ0v) is 12.0. The lowest BCUT2D eigenvalue weighted by Crippen LogP contribution is -2.60. The normalized spacial score (nSPS) is 28.1. The van der Waals surface area contributed by atoms with Crippen LogP contribution in [0.15, 0.2) is 0 Å². The summed E-state index contributed by atoms with van der Waals surface area (Å²) in [6, 6.07) is 0.0512. The lowest BCUT2D eigenvalue weighted by atomic mass is 10.0. The van der Waals surface area contributed by atoms with Crippen LogP contribution in [-0.2, 0) is 14.3 Å². The van der Waals surface area contributed by atoms with Crippen LogP contribution in [-0.4, -0.2) is 60.6 Å². The summed E-state index contributed by atoms with van der Waals surface area (Å²) in [5, 5.41) is 6.13. The molecule has 0 spiro atoms. The zero-order valence-electron chi connectivity index (χ0n) is 12.0. The number of ether oxygens (including phenoxy) is 1. The first-order chi connectivity index (χ1) is 9.57. The molecule has 112 valence electrons. The number of carbonyl (C=O) groups is 2. The monoisotopic (exact) mass is 281 g/mol. The average molecular weight is 281 g/mol. The van der Waals surface area contributed by atoms with Gasteiger partial charge in [0, 0.05) is 25.7 Å². The number of carbonyl (C=O) groups excluding carboxylic acids is 2. The summed E-state index contributed by atoms with van der Waals surface area (Å²) in [4.78, 5) is 26.1. The van der Waals surface area contributed by atoms with Crippen LogP contribution in [0.3, 0.4) is 0 Å². The van der Waals surface area contributed by atoms with Crippen LogP contribution in [0.1, 0.15) is 32.6 Å². The molecule has 1 atom stereocenters. The summed E-state index contributed by atoms with van der Waals surface area (Å²) in [6.45, 7) is 4.31. The van der Waals surface area contributed by atoms with E-state index in [1.807, 2.05) is 6.92 Å². The molecule has 0 aromatic heterocycles. The largest absolute Gasteiger partial charge is 0.363 e. The second-order valence-corrected chi connectivity index (χ2v) is 6.37. The Hall–Kier alpha value is -1.14. The van der Waals surface area contributed by atoms with Crippen molar-refractivity contribution in [2.75, 3.05) is 26.2 Å². The minimum Gasteiger partial charge on any atom is -0.363 e. The van der Waals surface area contributed by atoms with Crippen molar-refractivity contribution < 1.29 is 14.3 Å². The third-order valence-electron chi connectivity index (χ3n) is 4.34. The summed E-state index contributed by atoms with van der Waals surface area (Å²) < 4.78 is 5.68. The van der Waals surface area contributed by atoms with E-state index in [4.69, 9.17) is 4.74 Å². The minimum absolute atomic E-state index is 0.00914. The molecule has 6 nitrogen and oxygen atoms in total. The second-order valence-electron chi connectivity index (χ2n) is 6.37. The average Bonchev–Trinajstić information content (AvgIpc) is 3.06. The fraction of sp³-hybridized carbons (Fsp3) is 0.857. The molecule has 1 saturated carbocycles. The van der Waals surface area contributed by atoms with Gasteiger partial charge in [-0.15, -0.1) is 0 Å². The number of amides is 2. The quantitative estimate of drug-likeness (QED) is 0.721. The maximum Gasteiger partial charge on any atom is 0.249 e. The highest BCUT2D eigenvalue weighted by atomic mass is 16.5. The number of nitrogens with one attached hydrogen (secondary N) is 2. The Kier molecular flexibility index (Phi) is 3.69. The van der Waals surface area contributed by atoms with E-state index in [2.05, 4.69) is 10.6 Å². The van der Waals surface area contributed by atoms with Crippen LogP contribution >= 0.6 is 0 Å². The molecule has 20 heavy (non-hydrogen) atoms. The topological polar surface area (TPSA) is 70.7 Å². The van der Waals surface area contributed by atoms with Crippen LogP contribution in [0, 0.1) is 0 Å². The van der Waals surface area contributed by atoms with Crippen molar-refractivity contribution in [3.8, 4) is 0 Å². The van der Waals surface area contributed by atoms with Crippen LogP contribution in [0.5, 0.6) is 0 Å². The van der Waals surface area contributed by atoms with E-state index in [1.165, 1.54) is 0 Å². The summed E-state index contributed by atoms with van der Waals surface area (Å²) >= 11 is 0. The third kappa shape index (κ3) is 2.96. The Balaban J connectivity index is 1.51. The van der Waals surface area contributed by atoms with Gasteiger partial charge in [0.15, 0.2) is 0 Å². The maximum atomic E-state index is 12.2. The molecule has 3 aliphatic rings. The van der Waals surface area contributed by atoms with E-state index in [-0.39, 0.29) is 30.1 Å². The molecule has 0 aromatic carbocycles. The Morgan fingerprint density at radius 2 is 2.10 bits per heavy atom. The van der Waals surface area contributed by atoms with Gasteiger partial charge in [0.1, 0.15) is 12.6 Å². The van der Waals surface area contributed by atoms with Gasteiger partial charge in [-0.3, -0.25) is 9.59 Å². The first-order valence-electron chi connectivity index (χ1n) is 7.52. The molecule has 3 rings (SSSR count). The van der Waals surface area contributed by atoms with Gasteiger partial charge < -0.3 is 20.3 Å². The molecule has 0 radical (unpaired) electrons. The molecule has 2 aliphatic heterocycles. The van der Waals surface area contributed by atoms with Crippen molar-refractivity contribution in [1.82, 2.24) is 15.5 Å². The Morgan fingerprint density at radius 3 is 2.70 bits per heavy atom. The highest BCUT2D eigenvalue weighted by Gasteiger charge is 2.38. The van der Waals surface area contributed by atoms with Crippen LogP contribution < -0.4 is 10.6 Å². The smallest absolute Gasteiger partial charge is 0.249 e. The molecule has 2 amide bonds. The molecule has 0 bridgehead atoms. The number of hydrogen-bond acceptors (Lipinski definition) is 4. The SMILES string of the molecule is CC1(OCC(=O)N2CCCC2C(=O)NC2CC2)CNC1. The van der Waals surface area contributed by atoms with Crippen molar-refractivity contribution in [3.63, 3.8) is 0 Å². The summed E-state index contributed by atoms with van der Waals surface area (Å²) in [6.07, 6.45) is 3.80. The lowest BCUT2D eigenvalue weighted by Gasteiger charge is -2.39. The molecular formula is C14H23N3O3. The van der Waals surface area contributed by atoms with Gasteiger partial charge in [-0.1, -0.05) is 0 Å². The predicted octanol–water partition coefficient (Wildman–Crippen LogP) is -0.365. The maximum absolute atomic E-state index is 12.2. The van der Waals surface area contributed by atoms with E-state index in [9.17, 15) is 9.59 Å². The molecule has 0 aromatic rings. The number of likely N-dealkylation sites (tertiary alicyclic amines) is 1. The summed E-state index contributed by atoms with van der Waals surface area (Å²) in [5.74, 6) is -0.0542. The Labute approximate surface area is 119 Å². The molecule has 1 aliphatic carbocycles. The molecular weight excluding hydrogens is 258 g/mol. The van der Waals surface area contributed by atoms with Crippen molar-refractivity contribution in [1.29, 1.82) is 0 Å². The number of nitrogens with zero attached hydrogens (tertiary/aromatic N) is 1. The van der Waals surface area contributed by atoms with Gasteiger partial charge in [-0.25, -0.2) is 0 Å². The zero-order chi connectivity index (χ0) is 14.2. The molecule has 2 saturated heterocycles. The Morgan fingerprint density at radius 1 is 1.35 bits per heavy atom. The van der Waals surface area contributed by atoms with Gasteiger partial charge in [-0.2, -0.15) is 0 Å². The molecule has 2 heterocycles. The highest BCUT2D eigenvalue weighted by molar-refractivity contribution is 5.89. The predicted molar refractivity (Wildman–Crippen MR) is 73.1 cm³/mol. The van der Waals surface area contributed by atoms with Crippen molar-refractivity contribution >= 4 is 11.8 Å². The number of rotatable bonds is 5. The van der Waals surface area contributed by atoms with Gasteiger partial charge in [0.25, 0.3) is 0 Å². The fourth-order valence-electron chi connectivity index (χ4n) is 2.76. The second kappa shape index (κ2) is 5.33. The van der Waals surface area contributed by atoms with Gasteiger partial charge >= 0.3 is 0 Å². The minimum atomic E-state index is -0.293. The summed E-state index contributed by atoms with van der Waals surface area (Å²) in [5.41, 5.74) is -0.221. The van der Waals surface area contributed by atoms with Gasteiger partial charge in [0.05, 0.1) is 5.60 Å². The molecule has 3 fully saturated rings. The van der Waals surface area contributed by atoms with Gasteiger partial charge in [0.2, 0.25) is 11.8 Å². The van der Waals surface area contributed by atoms with E-state index in [0.717, 1.165) is 38.8 Å². The van der Waals surface area contributed by atoms with E-state index < -0.39 is 0 Å².